The topological polar surface area (TPSA) is 47.4 Å². The third kappa shape index (κ3) is 2.99. The van der Waals surface area contributed by atoms with E-state index in [0.29, 0.717) is 11.0 Å². The Labute approximate surface area is 115 Å². The number of halogens is 1. The van der Waals surface area contributed by atoms with E-state index in [1.54, 1.807) is 10.8 Å². The van der Waals surface area contributed by atoms with Crippen LogP contribution in [0, 0.1) is 6.92 Å². The Morgan fingerprint density at radius 1 is 1.61 bits per heavy atom. The Hall–Kier alpha value is -0.720. The molecule has 0 aromatic carbocycles. The lowest BCUT2D eigenvalue weighted by Gasteiger charge is -2.32. The lowest BCUT2D eigenvalue weighted by molar-refractivity contribution is -0.0351. The number of hydrogen-bond donors (Lipinski definition) is 0. The highest BCUT2D eigenvalue weighted by atomic mass is 79.9. The van der Waals surface area contributed by atoms with Crippen molar-refractivity contribution >= 4 is 15.9 Å². The van der Waals surface area contributed by atoms with E-state index in [9.17, 15) is 4.79 Å². The summed E-state index contributed by atoms with van der Waals surface area (Å²) in [6, 6.07) is 0. The number of aryl methyl sites for hydroxylation is 1. The van der Waals surface area contributed by atoms with Crippen molar-refractivity contribution in [2.24, 2.45) is 0 Å². The summed E-state index contributed by atoms with van der Waals surface area (Å²) in [5.41, 5.74) is -0.0419. The van der Waals surface area contributed by atoms with Crippen LogP contribution in [-0.2, 0) is 11.3 Å². The van der Waals surface area contributed by atoms with Gasteiger partial charge in [0.05, 0.1) is 19.3 Å². The summed E-state index contributed by atoms with van der Waals surface area (Å²) >= 11 is 3.22. The van der Waals surface area contributed by atoms with Crippen molar-refractivity contribution in [3.05, 3.63) is 26.8 Å². The summed E-state index contributed by atoms with van der Waals surface area (Å²) < 4.78 is 7.89. The molecule has 1 aromatic rings. The molecule has 0 radical (unpaired) electrons. The van der Waals surface area contributed by atoms with Crippen LogP contribution in [0.2, 0.25) is 0 Å². The maximum absolute atomic E-state index is 12.0. The van der Waals surface area contributed by atoms with E-state index in [-0.39, 0.29) is 11.7 Å². The van der Waals surface area contributed by atoms with Gasteiger partial charge in [-0.1, -0.05) is 6.92 Å². The molecule has 0 bridgehead atoms. The van der Waals surface area contributed by atoms with Crippen LogP contribution in [0.3, 0.4) is 0 Å². The molecule has 6 heteroatoms. The van der Waals surface area contributed by atoms with E-state index in [1.807, 2.05) is 6.92 Å². The molecule has 100 valence electrons. The standard InChI is InChI=1S/C12H18BrN3O2/c1-3-15-4-5-18-10(7-15)8-16-9(2)14-6-11(13)12(16)17/h6,10H,3-5,7-8H2,1-2H3. The summed E-state index contributed by atoms with van der Waals surface area (Å²) in [4.78, 5) is 18.5. The summed E-state index contributed by atoms with van der Waals surface area (Å²) in [7, 11) is 0. The van der Waals surface area contributed by atoms with Gasteiger partial charge in [0, 0.05) is 19.3 Å². The largest absolute Gasteiger partial charge is 0.374 e. The van der Waals surface area contributed by atoms with E-state index in [0.717, 1.165) is 32.1 Å². The average molecular weight is 316 g/mol. The molecule has 1 aliphatic rings. The second kappa shape index (κ2) is 5.95. The zero-order valence-electron chi connectivity index (χ0n) is 10.7. The fourth-order valence-corrected chi connectivity index (χ4v) is 2.46. The minimum Gasteiger partial charge on any atom is -0.374 e. The first-order valence-corrected chi connectivity index (χ1v) is 6.97. The summed E-state index contributed by atoms with van der Waals surface area (Å²) in [6.07, 6.45) is 1.61. The average Bonchev–Trinajstić information content (AvgIpc) is 2.39. The monoisotopic (exact) mass is 315 g/mol. The Bertz CT molecular complexity index is 475. The van der Waals surface area contributed by atoms with Crippen LogP contribution < -0.4 is 5.56 Å². The minimum absolute atomic E-state index is 0.0419. The molecule has 1 fully saturated rings. The van der Waals surface area contributed by atoms with Gasteiger partial charge in [0.25, 0.3) is 5.56 Å². The van der Waals surface area contributed by atoms with E-state index < -0.39 is 0 Å². The normalized spacial score (nSPS) is 21.2. The van der Waals surface area contributed by atoms with E-state index >= 15 is 0 Å². The molecule has 1 saturated heterocycles. The Morgan fingerprint density at radius 3 is 3.11 bits per heavy atom. The Kier molecular flexibility index (Phi) is 4.53. The smallest absolute Gasteiger partial charge is 0.267 e. The molecule has 18 heavy (non-hydrogen) atoms. The van der Waals surface area contributed by atoms with Crippen molar-refractivity contribution in [3.63, 3.8) is 0 Å². The van der Waals surface area contributed by atoms with Crippen molar-refractivity contribution in [3.8, 4) is 0 Å². The molecule has 2 rings (SSSR count). The zero-order valence-corrected chi connectivity index (χ0v) is 12.3. The molecule has 0 amide bonds. The molecule has 0 aliphatic carbocycles. The van der Waals surface area contributed by atoms with Crippen LogP contribution in [0.5, 0.6) is 0 Å². The highest BCUT2D eigenvalue weighted by Gasteiger charge is 2.21. The van der Waals surface area contributed by atoms with Crippen molar-refractivity contribution in [2.75, 3.05) is 26.2 Å². The molecule has 1 aliphatic heterocycles. The van der Waals surface area contributed by atoms with Gasteiger partial charge in [-0.15, -0.1) is 0 Å². The Morgan fingerprint density at radius 2 is 2.39 bits per heavy atom. The van der Waals surface area contributed by atoms with Crippen LogP contribution >= 0.6 is 15.9 Å². The van der Waals surface area contributed by atoms with Gasteiger partial charge in [-0.05, 0) is 29.4 Å². The molecule has 1 atom stereocenters. The number of nitrogens with zero attached hydrogens (tertiary/aromatic N) is 3. The SMILES string of the molecule is CCN1CCOC(Cn2c(C)ncc(Br)c2=O)C1. The predicted octanol–water partition coefficient (Wildman–Crippen LogP) is 1.03. The third-order valence-corrected chi connectivity index (χ3v) is 3.81. The number of hydrogen-bond acceptors (Lipinski definition) is 4. The van der Waals surface area contributed by atoms with Gasteiger partial charge in [-0.3, -0.25) is 14.3 Å². The molecular formula is C12H18BrN3O2. The molecule has 1 unspecified atom stereocenters. The van der Waals surface area contributed by atoms with E-state index in [2.05, 4.69) is 32.7 Å². The maximum Gasteiger partial charge on any atom is 0.267 e. The Balaban J connectivity index is 2.14. The number of rotatable bonds is 3. The van der Waals surface area contributed by atoms with Crippen LogP contribution in [0.4, 0.5) is 0 Å². The lowest BCUT2D eigenvalue weighted by atomic mass is 10.2. The van der Waals surface area contributed by atoms with E-state index in [4.69, 9.17) is 4.74 Å². The molecule has 1 aromatic heterocycles. The zero-order chi connectivity index (χ0) is 13.1. The van der Waals surface area contributed by atoms with Crippen LogP contribution in [0.1, 0.15) is 12.7 Å². The molecule has 5 nitrogen and oxygen atoms in total. The number of likely N-dealkylation sites (N-methyl/N-ethyl adjacent to an activating group) is 1. The second-order valence-electron chi connectivity index (χ2n) is 4.46. The fourth-order valence-electron chi connectivity index (χ4n) is 2.15. The molecule has 0 spiro atoms. The quantitative estimate of drug-likeness (QED) is 0.836. The molecule has 0 saturated carbocycles. The van der Waals surface area contributed by atoms with Crippen LogP contribution in [0.25, 0.3) is 0 Å². The fraction of sp³-hybridized carbons (Fsp3) is 0.667. The molecule has 2 heterocycles. The highest BCUT2D eigenvalue weighted by molar-refractivity contribution is 9.10. The number of ether oxygens (including phenoxy) is 1. The second-order valence-corrected chi connectivity index (χ2v) is 5.31. The van der Waals surface area contributed by atoms with Gasteiger partial charge in [0.1, 0.15) is 10.3 Å². The first kappa shape index (κ1) is 13.7. The lowest BCUT2D eigenvalue weighted by Crippen LogP contribution is -2.45. The van der Waals surface area contributed by atoms with Gasteiger partial charge >= 0.3 is 0 Å². The minimum atomic E-state index is -0.0419. The van der Waals surface area contributed by atoms with Crippen molar-refractivity contribution in [2.45, 2.75) is 26.5 Å². The van der Waals surface area contributed by atoms with Gasteiger partial charge in [0.2, 0.25) is 0 Å². The van der Waals surface area contributed by atoms with Crippen LogP contribution in [0.15, 0.2) is 15.5 Å². The summed E-state index contributed by atoms with van der Waals surface area (Å²) in [5, 5.41) is 0. The molecule has 0 N–H and O–H groups in total. The first-order valence-electron chi connectivity index (χ1n) is 6.17. The van der Waals surface area contributed by atoms with Gasteiger partial charge in [-0.25, -0.2) is 4.98 Å². The highest BCUT2D eigenvalue weighted by Crippen LogP contribution is 2.08. The molecular weight excluding hydrogens is 298 g/mol. The number of aromatic nitrogens is 2. The van der Waals surface area contributed by atoms with Crippen molar-refractivity contribution in [1.29, 1.82) is 0 Å². The predicted molar refractivity (Wildman–Crippen MR) is 72.8 cm³/mol. The van der Waals surface area contributed by atoms with E-state index in [1.165, 1.54) is 0 Å². The first-order chi connectivity index (χ1) is 8.61. The van der Waals surface area contributed by atoms with Gasteiger partial charge < -0.3 is 4.74 Å². The summed E-state index contributed by atoms with van der Waals surface area (Å²) in [5.74, 6) is 0.723. The third-order valence-electron chi connectivity index (χ3n) is 3.26. The number of morpholine rings is 1. The van der Waals surface area contributed by atoms with Gasteiger partial charge in [0.15, 0.2) is 0 Å². The van der Waals surface area contributed by atoms with Gasteiger partial charge in [-0.2, -0.15) is 0 Å². The summed E-state index contributed by atoms with van der Waals surface area (Å²) in [6.45, 7) is 8.13. The van der Waals surface area contributed by atoms with Crippen LogP contribution in [-0.4, -0.2) is 46.8 Å². The maximum atomic E-state index is 12.0. The van der Waals surface area contributed by atoms with Crippen molar-refractivity contribution in [1.82, 2.24) is 14.5 Å². The van der Waals surface area contributed by atoms with Crippen molar-refractivity contribution < 1.29 is 4.74 Å².